The summed E-state index contributed by atoms with van der Waals surface area (Å²) in [6.07, 6.45) is 0. The fourth-order valence-electron chi connectivity index (χ4n) is 2.37. The predicted molar refractivity (Wildman–Crippen MR) is 96.9 cm³/mol. The second-order valence-electron chi connectivity index (χ2n) is 6.14. The van der Waals surface area contributed by atoms with Crippen LogP contribution in [0.4, 0.5) is 11.5 Å². The van der Waals surface area contributed by atoms with Crippen molar-refractivity contribution >= 4 is 17.4 Å². The molecule has 1 aromatic carbocycles. The lowest BCUT2D eigenvalue weighted by atomic mass is 10.1. The SMILES string of the molecule is Cc1nc(Nc2c(C)cccc2C)cc(C(=O)NCCN(C)C)n1. The van der Waals surface area contributed by atoms with Gasteiger partial charge in [0.05, 0.1) is 0 Å². The van der Waals surface area contributed by atoms with Crippen LogP contribution >= 0.6 is 0 Å². The van der Waals surface area contributed by atoms with Crippen molar-refractivity contribution in [1.29, 1.82) is 0 Å². The van der Waals surface area contributed by atoms with E-state index < -0.39 is 0 Å². The van der Waals surface area contributed by atoms with Gasteiger partial charge >= 0.3 is 0 Å². The van der Waals surface area contributed by atoms with Crippen LogP contribution in [0.2, 0.25) is 0 Å². The van der Waals surface area contributed by atoms with E-state index in [1.54, 1.807) is 13.0 Å². The molecule has 2 N–H and O–H groups in total. The third-order valence-corrected chi connectivity index (χ3v) is 3.65. The number of anilines is 2. The maximum atomic E-state index is 12.3. The van der Waals surface area contributed by atoms with Crippen molar-refractivity contribution in [2.45, 2.75) is 20.8 Å². The number of amides is 1. The number of carbonyl (C=O) groups excluding carboxylic acids is 1. The summed E-state index contributed by atoms with van der Waals surface area (Å²) in [6.45, 7) is 7.22. The van der Waals surface area contributed by atoms with Gasteiger partial charge in [0.1, 0.15) is 17.3 Å². The molecule has 0 saturated carbocycles. The van der Waals surface area contributed by atoms with Gasteiger partial charge in [0.2, 0.25) is 0 Å². The van der Waals surface area contributed by atoms with E-state index in [1.807, 2.05) is 51.0 Å². The van der Waals surface area contributed by atoms with Gasteiger partial charge in [-0.3, -0.25) is 4.79 Å². The van der Waals surface area contributed by atoms with Gasteiger partial charge in [0.25, 0.3) is 5.91 Å². The van der Waals surface area contributed by atoms with Crippen LogP contribution in [0.1, 0.15) is 27.4 Å². The summed E-state index contributed by atoms with van der Waals surface area (Å²) in [5.74, 6) is 0.994. The Balaban J connectivity index is 2.18. The number of nitrogens with zero attached hydrogens (tertiary/aromatic N) is 3. The first-order valence-electron chi connectivity index (χ1n) is 7.98. The lowest BCUT2D eigenvalue weighted by molar-refractivity contribution is 0.0945. The van der Waals surface area contributed by atoms with Crippen molar-refractivity contribution in [1.82, 2.24) is 20.2 Å². The van der Waals surface area contributed by atoms with Crippen LogP contribution in [-0.4, -0.2) is 48.0 Å². The van der Waals surface area contributed by atoms with E-state index in [9.17, 15) is 4.79 Å². The molecule has 6 heteroatoms. The zero-order valence-electron chi connectivity index (χ0n) is 15.0. The van der Waals surface area contributed by atoms with E-state index in [0.29, 0.717) is 23.9 Å². The van der Waals surface area contributed by atoms with Gasteiger partial charge < -0.3 is 15.5 Å². The van der Waals surface area contributed by atoms with E-state index >= 15 is 0 Å². The maximum Gasteiger partial charge on any atom is 0.270 e. The molecular weight excluding hydrogens is 302 g/mol. The van der Waals surface area contributed by atoms with Gasteiger partial charge in [-0.05, 0) is 46.0 Å². The van der Waals surface area contributed by atoms with Crippen molar-refractivity contribution in [3.05, 3.63) is 46.9 Å². The first-order valence-corrected chi connectivity index (χ1v) is 7.98. The zero-order chi connectivity index (χ0) is 17.7. The van der Waals surface area contributed by atoms with Crippen LogP contribution in [0.15, 0.2) is 24.3 Å². The fourth-order valence-corrected chi connectivity index (χ4v) is 2.37. The van der Waals surface area contributed by atoms with Crippen molar-refractivity contribution in [3.8, 4) is 0 Å². The molecule has 0 aliphatic heterocycles. The van der Waals surface area contributed by atoms with Gasteiger partial charge in [0, 0.05) is 24.8 Å². The second-order valence-corrected chi connectivity index (χ2v) is 6.14. The molecule has 0 saturated heterocycles. The summed E-state index contributed by atoms with van der Waals surface area (Å²) in [6, 6.07) is 7.78. The van der Waals surface area contributed by atoms with Crippen LogP contribution in [0.3, 0.4) is 0 Å². The summed E-state index contributed by atoms with van der Waals surface area (Å²) in [7, 11) is 3.93. The molecule has 6 nitrogen and oxygen atoms in total. The number of benzene rings is 1. The molecule has 0 fully saturated rings. The molecule has 0 unspecified atom stereocenters. The third-order valence-electron chi connectivity index (χ3n) is 3.65. The van der Waals surface area contributed by atoms with Gasteiger partial charge in [-0.15, -0.1) is 0 Å². The molecule has 0 bridgehead atoms. The standard InChI is InChI=1S/C18H25N5O/c1-12-7-6-8-13(2)17(12)22-16-11-15(20-14(3)21-16)18(24)19-9-10-23(4)5/h6-8,11H,9-10H2,1-5H3,(H,19,24)(H,20,21,22). The normalized spacial score (nSPS) is 10.8. The van der Waals surface area contributed by atoms with E-state index in [2.05, 4.69) is 20.6 Å². The summed E-state index contributed by atoms with van der Waals surface area (Å²) in [4.78, 5) is 22.9. The molecular formula is C18H25N5O. The number of para-hydroxylation sites is 1. The Morgan fingerprint density at radius 2 is 1.79 bits per heavy atom. The van der Waals surface area contributed by atoms with E-state index in [-0.39, 0.29) is 5.91 Å². The van der Waals surface area contributed by atoms with E-state index in [4.69, 9.17) is 0 Å². The van der Waals surface area contributed by atoms with Gasteiger partial charge in [-0.2, -0.15) is 0 Å². The van der Waals surface area contributed by atoms with E-state index in [1.165, 1.54) is 0 Å². The molecule has 0 spiro atoms. The number of aryl methyl sites for hydroxylation is 3. The molecule has 0 aliphatic carbocycles. The molecule has 0 atom stereocenters. The van der Waals surface area contributed by atoms with E-state index in [0.717, 1.165) is 23.4 Å². The second kappa shape index (κ2) is 7.88. The molecule has 0 aliphatic rings. The number of likely N-dealkylation sites (N-methyl/N-ethyl adjacent to an activating group) is 1. The highest BCUT2D eigenvalue weighted by Crippen LogP contribution is 2.23. The molecule has 2 rings (SSSR count). The van der Waals surface area contributed by atoms with Crippen molar-refractivity contribution in [3.63, 3.8) is 0 Å². The summed E-state index contributed by atoms with van der Waals surface area (Å²) in [5.41, 5.74) is 3.64. The Bertz CT molecular complexity index is 707. The highest BCUT2D eigenvalue weighted by molar-refractivity contribution is 5.93. The first-order chi connectivity index (χ1) is 11.4. The molecule has 2 aromatic rings. The quantitative estimate of drug-likeness (QED) is 0.853. The van der Waals surface area contributed by atoms with Crippen LogP contribution in [-0.2, 0) is 0 Å². The maximum absolute atomic E-state index is 12.3. The van der Waals surface area contributed by atoms with Gasteiger partial charge in [-0.1, -0.05) is 18.2 Å². The highest BCUT2D eigenvalue weighted by Gasteiger charge is 2.11. The number of aromatic nitrogens is 2. The molecule has 1 heterocycles. The summed E-state index contributed by atoms with van der Waals surface area (Å²) in [5, 5.41) is 6.18. The minimum atomic E-state index is -0.188. The first kappa shape index (κ1) is 17.9. The Morgan fingerprint density at radius 1 is 1.12 bits per heavy atom. The number of nitrogens with one attached hydrogen (secondary N) is 2. The average Bonchev–Trinajstić information content (AvgIpc) is 2.50. The zero-order valence-corrected chi connectivity index (χ0v) is 15.0. The number of rotatable bonds is 6. The minimum Gasteiger partial charge on any atom is -0.349 e. The van der Waals surface area contributed by atoms with Crippen molar-refractivity contribution in [2.75, 3.05) is 32.5 Å². The Hall–Kier alpha value is -2.47. The molecule has 1 amide bonds. The molecule has 1 aromatic heterocycles. The smallest absolute Gasteiger partial charge is 0.270 e. The fraction of sp³-hybridized carbons (Fsp3) is 0.389. The van der Waals surface area contributed by atoms with Crippen LogP contribution < -0.4 is 10.6 Å². The number of hydrogen-bond acceptors (Lipinski definition) is 5. The largest absolute Gasteiger partial charge is 0.349 e. The van der Waals surface area contributed by atoms with Gasteiger partial charge in [-0.25, -0.2) is 9.97 Å². The van der Waals surface area contributed by atoms with Crippen LogP contribution in [0.25, 0.3) is 0 Å². The Kier molecular flexibility index (Phi) is 5.87. The lowest BCUT2D eigenvalue weighted by Crippen LogP contribution is -2.32. The molecule has 24 heavy (non-hydrogen) atoms. The Labute approximate surface area is 143 Å². The third kappa shape index (κ3) is 4.76. The number of carbonyl (C=O) groups is 1. The average molecular weight is 327 g/mol. The minimum absolute atomic E-state index is 0.188. The van der Waals surface area contributed by atoms with Crippen molar-refractivity contribution < 1.29 is 4.79 Å². The monoisotopic (exact) mass is 327 g/mol. The predicted octanol–water partition coefficient (Wildman–Crippen LogP) is 2.44. The van der Waals surface area contributed by atoms with Crippen LogP contribution in [0, 0.1) is 20.8 Å². The topological polar surface area (TPSA) is 70.2 Å². The molecule has 0 radical (unpaired) electrons. The highest BCUT2D eigenvalue weighted by atomic mass is 16.1. The lowest BCUT2D eigenvalue weighted by Gasteiger charge is -2.14. The Morgan fingerprint density at radius 3 is 2.42 bits per heavy atom. The summed E-state index contributed by atoms with van der Waals surface area (Å²) >= 11 is 0. The molecule has 128 valence electrons. The number of hydrogen-bond donors (Lipinski definition) is 2. The van der Waals surface area contributed by atoms with Crippen LogP contribution in [0.5, 0.6) is 0 Å². The van der Waals surface area contributed by atoms with Gasteiger partial charge in [0.15, 0.2) is 0 Å². The van der Waals surface area contributed by atoms with Crippen molar-refractivity contribution in [2.24, 2.45) is 0 Å². The summed E-state index contributed by atoms with van der Waals surface area (Å²) < 4.78 is 0.